The summed E-state index contributed by atoms with van der Waals surface area (Å²) >= 11 is 1.46. The molecule has 1 heterocycles. The van der Waals surface area contributed by atoms with Crippen molar-refractivity contribution in [3.63, 3.8) is 0 Å². The lowest BCUT2D eigenvalue weighted by atomic mass is 10.1. The number of carboxylic acids is 1. The number of rotatable bonds is 5. The quantitative estimate of drug-likeness (QED) is 0.711. The summed E-state index contributed by atoms with van der Waals surface area (Å²) in [6, 6.07) is 22.1. The fourth-order valence-electron chi connectivity index (χ4n) is 3.41. The third-order valence-electron chi connectivity index (χ3n) is 4.76. The number of fused-ring (bicyclic) bond motifs is 1. The standard InChI is InChI=1S/C22H19NO4S/c24-20(13-27-19-12-6-10-15-7-4-5-11-17(15)19)23-18(22(25)26)14-28-21(23)16-8-2-1-3-9-16/h1-12,18,21H,13-14H2,(H,25,26)/t18-,21?/m0/s1. The average molecular weight is 393 g/mol. The van der Waals surface area contributed by atoms with Crippen LogP contribution in [0.4, 0.5) is 0 Å². The Labute approximate surface area is 166 Å². The van der Waals surface area contributed by atoms with E-state index in [1.54, 1.807) is 0 Å². The Bertz CT molecular complexity index is 1000. The second-order valence-corrected chi connectivity index (χ2v) is 7.63. The number of thioether (sulfide) groups is 1. The van der Waals surface area contributed by atoms with Crippen molar-refractivity contribution in [2.24, 2.45) is 0 Å². The molecule has 0 radical (unpaired) electrons. The van der Waals surface area contributed by atoms with Gasteiger partial charge in [0, 0.05) is 11.1 Å². The summed E-state index contributed by atoms with van der Waals surface area (Å²) in [5.74, 6) is -0.361. The van der Waals surface area contributed by atoms with Gasteiger partial charge in [-0.1, -0.05) is 66.7 Å². The maximum absolute atomic E-state index is 13.0. The second kappa shape index (κ2) is 7.94. The molecule has 28 heavy (non-hydrogen) atoms. The van der Waals surface area contributed by atoms with Crippen molar-refractivity contribution in [1.29, 1.82) is 0 Å². The maximum atomic E-state index is 13.0. The van der Waals surface area contributed by atoms with Gasteiger partial charge in [-0.25, -0.2) is 4.79 Å². The Balaban J connectivity index is 1.56. The van der Waals surface area contributed by atoms with Gasteiger partial charge in [0.15, 0.2) is 6.61 Å². The molecule has 0 aromatic heterocycles. The van der Waals surface area contributed by atoms with E-state index < -0.39 is 12.0 Å². The minimum absolute atomic E-state index is 0.207. The van der Waals surface area contributed by atoms with Gasteiger partial charge >= 0.3 is 5.97 Å². The summed E-state index contributed by atoms with van der Waals surface area (Å²) in [6.07, 6.45) is 0. The van der Waals surface area contributed by atoms with Crippen molar-refractivity contribution < 1.29 is 19.4 Å². The van der Waals surface area contributed by atoms with Gasteiger partial charge in [0.25, 0.3) is 5.91 Å². The van der Waals surface area contributed by atoms with Gasteiger partial charge < -0.3 is 14.7 Å². The molecule has 1 aliphatic heterocycles. The van der Waals surface area contributed by atoms with Crippen LogP contribution in [0.5, 0.6) is 5.75 Å². The van der Waals surface area contributed by atoms with Crippen LogP contribution in [0.15, 0.2) is 72.8 Å². The van der Waals surface area contributed by atoms with Gasteiger partial charge in [0.05, 0.1) is 0 Å². The predicted octanol–water partition coefficient (Wildman–Crippen LogP) is 3.95. The lowest BCUT2D eigenvalue weighted by Gasteiger charge is -2.27. The molecule has 1 amide bonds. The number of ether oxygens (including phenoxy) is 1. The van der Waals surface area contributed by atoms with Crippen molar-refractivity contribution in [3.05, 3.63) is 78.4 Å². The first-order valence-corrected chi connectivity index (χ1v) is 10.0. The van der Waals surface area contributed by atoms with Crippen LogP contribution in [-0.2, 0) is 9.59 Å². The SMILES string of the molecule is O=C(O)[C@@H]1CSC(c2ccccc2)N1C(=O)COc1cccc2ccccc12. The second-order valence-electron chi connectivity index (χ2n) is 6.52. The first-order valence-electron chi connectivity index (χ1n) is 8.96. The zero-order valence-corrected chi connectivity index (χ0v) is 15.8. The van der Waals surface area contributed by atoms with Crippen LogP contribution in [0.1, 0.15) is 10.9 Å². The highest BCUT2D eigenvalue weighted by Crippen LogP contribution is 2.41. The van der Waals surface area contributed by atoms with E-state index in [4.69, 9.17) is 4.74 Å². The smallest absolute Gasteiger partial charge is 0.327 e. The average Bonchev–Trinajstić information content (AvgIpc) is 3.18. The summed E-state index contributed by atoms with van der Waals surface area (Å²) in [5, 5.41) is 11.2. The van der Waals surface area contributed by atoms with Gasteiger partial charge in [-0.2, -0.15) is 0 Å². The van der Waals surface area contributed by atoms with Gasteiger partial charge in [-0.05, 0) is 17.0 Å². The minimum Gasteiger partial charge on any atom is -0.483 e. The first-order chi connectivity index (χ1) is 13.6. The third kappa shape index (κ3) is 3.55. The minimum atomic E-state index is -0.996. The number of hydrogen-bond donors (Lipinski definition) is 1. The molecule has 6 heteroatoms. The molecule has 4 rings (SSSR count). The first kappa shape index (κ1) is 18.4. The van der Waals surface area contributed by atoms with Crippen LogP contribution >= 0.6 is 11.8 Å². The molecule has 1 N–H and O–H groups in total. The number of carboxylic acid groups (broad SMARTS) is 1. The van der Waals surface area contributed by atoms with Crippen molar-refractivity contribution in [2.75, 3.05) is 12.4 Å². The Kier molecular flexibility index (Phi) is 5.21. The Hall–Kier alpha value is -2.99. The van der Waals surface area contributed by atoms with Crippen LogP contribution in [0.2, 0.25) is 0 Å². The number of carbonyl (C=O) groups excluding carboxylic acids is 1. The van der Waals surface area contributed by atoms with Crippen LogP contribution in [0.3, 0.4) is 0 Å². The number of nitrogens with zero attached hydrogens (tertiary/aromatic N) is 1. The maximum Gasteiger partial charge on any atom is 0.327 e. The molecular weight excluding hydrogens is 374 g/mol. The molecule has 3 aromatic carbocycles. The highest BCUT2D eigenvalue weighted by molar-refractivity contribution is 7.99. The molecule has 5 nitrogen and oxygen atoms in total. The summed E-state index contributed by atoms with van der Waals surface area (Å²) in [5.41, 5.74) is 0.912. The van der Waals surface area contributed by atoms with Gasteiger partial charge in [-0.3, -0.25) is 4.79 Å². The topological polar surface area (TPSA) is 66.8 Å². The van der Waals surface area contributed by atoms with E-state index in [9.17, 15) is 14.7 Å². The molecule has 0 bridgehead atoms. The molecule has 1 fully saturated rings. The fourth-order valence-corrected chi connectivity index (χ4v) is 4.85. The van der Waals surface area contributed by atoms with E-state index >= 15 is 0 Å². The molecule has 1 aliphatic rings. The zero-order valence-electron chi connectivity index (χ0n) is 15.0. The van der Waals surface area contributed by atoms with Crippen LogP contribution < -0.4 is 4.74 Å². The Morgan fingerprint density at radius 3 is 2.50 bits per heavy atom. The normalized spacial score (nSPS) is 18.9. The number of hydrogen-bond acceptors (Lipinski definition) is 4. The number of aliphatic carboxylic acids is 1. The molecule has 3 aromatic rings. The van der Waals surface area contributed by atoms with E-state index in [0.717, 1.165) is 16.3 Å². The van der Waals surface area contributed by atoms with Gasteiger partial charge in [-0.15, -0.1) is 11.8 Å². The lowest BCUT2D eigenvalue weighted by molar-refractivity contribution is -0.150. The summed E-state index contributed by atoms with van der Waals surface area (Å²) in [7, 11) is 0. The largest absolute Gasteiger partial charge is 0.483 e. The molecule has 142 valence electrons. The Morgan fingerprint density at radius 2 is 1.71 bits per heavy atom. The number of carbonyl (C=O) groups is 2. The highest BCUT2D eigenvalue weighted by Gasteiger charge is 2.42. The van der Waals surface area contributed by atoms with Crippen LogP contribution in [-0.4, -0.2) is 40.3 Å². The van der Waals surface area contributed by atoms with Crippen LogP contribution in [0, 0.1) is 0 Å². The Morgan fingerprint density at radius 1 is 1.00 bits per heavy atom. The van der Waals surface area contributed by atoms with Gasteiger partial charge in [0.1, 0.15) is 17.2 Å². The summed E-state index contributed by atoms with van der Waals surface area (Å²) < 4.78 is 5.81. The summed E-state index contributed by atoms with van der Waals surface area (Å²) in [6.45, 7) is -0.207. The van der Waals surface area contributed by atoms with E-state index in [1.165, 1.54) is 16.7 Å². The molecule has 0 saturated carbocycles. The fraction of sp³-hybridized carbons (Fsp3) is 0.182. The molecule has 1 saturated heterocycles. The zero-order chi connectivity index (χ0) is 19.5. The highest BCUT2D eigenvalue weighted by atomic mass is 32.2. The third-order valence-corrected chi connectivity index (χ3v) is 6.08. The predicted molar refractivity (Wildman–Crippen MR) is 109 cm³/mol. The van der Waals surface area contributed by atoms with E-state index in [0.29, 0.717) is 11.5 Å². The van der Waals surface area contributed by atoms with Crippen molar-refractivity contribution in [2.45, 2.75) is 11.4 Å². The molecule has 1 unspecified atom stereocenters. The van der Waals surface area contributed by atoms with E-state index in [-0.39, 0.29) is 17.9 Å². The summed E-state index contributed by atoms with van der Waals surface area (Å²) in [4.78, 5) is 26.1. The lowest BCUT2D eigenvalue weighted by Crippen LogP contribution is -2.45. The van der Waals surface area contributed by atoms with Gasteiger partial charge in [0.2, 0.25) is 0 Å². The molecule has 2 atom stereocenters. The van der Waals surface area contributed by atoms with E-state index in [2.05, 4.69) is 0 Å². The number of benzene rings is 3. The molecule has 0 spiro atoms. The van der Waals surface area contributed by atoms with Crippen molar-refractivity contribution in [3.8, 4) is 5.75 Å². The van der Waals surface area contributed by atoms with E-state index in [1.807, 2.05) is 72.8 Å². The van der Waals surface area contributed by atoms with Crippen molar-refractivity contribution in [1.82, 2.24) is 4.90 Å². The number of amides is 1. The molecule has 0 aliphatic carbocycles. The molecular formula is C22H19NO4S. The monoisotopic (exact) mass is 393 g/mol. The van der Waals surface area contributed by atoms with Crippen molar-refractivity contribution >= 4 is 34.4 Å². The van der Waals surface area contributed by atoms with Crippen LogP contribution in [0.25, 0.3) is 10.8 Å².